The van der Waals surface area contributed by atoms with E-state index in [0.29, 0.717) is 12.4 Å². The van der Waals surface area contributed by atoms with Crippen LogP contribution in [0, 0.1) is 0 Å². The Labute approximate surface area is 100.0 Å². The summed E-state index contributed by atoms with van der Waals surface area (Å²) in [4.78, 5) is 3.71. The fourth-order valence-corrected chi connectivity index (χ4v) is 1.02. The van der Waals surface area contributed by atoms with Crippen LogP contribution in [0.3, 0.4) is 0 Å². The zero-order valence-corrected chi connectivity index (χ0v) is 9.39. The van der Waals surface area contributed by atoms with Gasteiger partial charge in [0.15, 0.2) is 6.61 Å². The maximum absolute atomic E-state index is 12.6. The van der Waals surface area contributed by atoms with E-state index in [1.165, 1.54) is 18.2 Å². The van der Waals surface area contributed by atoms with Crippen LogP contribution in [0.1, 0.15) is 6.92 Å². The van der Waals surface area contributed by atoms with E-state index in [0.717, 1.165) is 0 Å². The minimum Gasteiger partial charge on any atom is -0.471 e. The van der Waals surface area contributed by atoms with Gasteiger partial charge in [0.05, 0.1) is 0 Å². The van der Waals surface area contributed by atoms with Crippen LogP contribution < -0.4 is 10.1 Å². The number of hydrogen-bond donors (Lipinski definition) is 1. The van der Waals surface area contributed by atoms with E-state index in [1.54, 1.807) is 6.92 Å². The van der Waals surface area contributed by atoms with Gasteiger partial charge in [-0.2, -0.15) is 26.9 Å². The van der Waals surface area contributed by atoms with E-state index in [2.05, 4.69) is 15.0 Å². The molecular weight excluding hydrogens is 259 g/mol. The van der Waals surface area contributed by atoms with Gasteiger partial charge in [0.25, 0.3) is 0 Å². The number of ether oxygens (including phenoxy) is 1. The van der Waals surface area contributed by atoms with Crippen molar-refractivity contribution in [1.29, 1.82) is 0 Å². The van der Waals surface area contributed by atoms with Crippen molar-refractivity contribution >= 4 is 5.82 Å². The van der Waals surface area contributed by atoms with Crippen molar-refractivity contribution in [1.82, 2.24) is 4.98 Å². The van der Waals surface area contributed by atoms with Gasteiger partial charge in [0, 0.05) is 12.6 Å². The molecule has 0 unspecified atom stereocenters. The third-order valence-corrected chi connectivity index (χ3v) is 1.90. The topological polar surface area (TPSA) is 34.1 Å². The summed E-state index contributed by atoms with van der Waals surface area (Å²) in [5.74, 6) is -4.86. The van der Waals surface area contributed by atoms with Gasteiger partial charge in [0.1, 0.15) is 5.82 Å². The highest BCUT2D eigenvalue weighted by atomic mass is 19.4. The molecule has 1 N–H and O–H groups in total. The molecule has 0 amide bonds. The Hall–Kier alpha value is -1.60. The zero-order valence-electron chi connectivity index (χ0n) is 9.39. The SMILES string of the molecule is CCNc1cccc(OCC(F)(F)C(F)(F)F)n1. The molecule has 0 fully saturated rings. The smallest absolute Gasteiger partial charge is 0.456 e. The molecule has 0 aliphatic rings. The summed E-state index contributed by atoms with van der Waals surface area (Å²) in [5.41, 5.74) is 0. The number of rotatable bonds is 5. The summed E-state index contributed by atoms with van der Waals surface area (Å²) in [5, 5.41) is 2.77. The maximum atomic E-state index is 12.6. The number of aromatic nitrogens is 1. The van der Waals surface area contributed by atoms with E-state index >= 15 is 0 Å². The Morgan fingerprint density at radius 2 is 1.89 bits per heavy atom. The normalized spacial score (nSPS) is 12.3. The number of pyridine rings is 1. The second-order valence-electron chi connectivity index (χ2n) is 3.38. The molecule has 102 valence electrons. The highest BCUT2D eigenvalue weighted by molar-refractivity contribution is 5.36. The molecule has 0 bridgehead atoms. The Morgan fingerprint density at radius 1 is 1.22 bits per heavy atom. The number of halogens is 5. The summed E-state index contributed by atoms with van der Waals surface area (Å²) < 4.78 is 65.1. The van der Waals surface area contributed by atoms with Crippen LogP contribution in [0.15, 0.2) is 18.2 Å². The highest BCUT2D eigenvalue weighted by Crippen LogP contribution is 2.35. The summed E-state index contributed by atoms with van der Waals surface area (Å²) in [6.07, 6.45) is -5.63. The van der Waals surface area contributed by atoms with E-state index in [4.69, 9.17) is 0 Å². The van der Waals surface area contributed by atoms with Gasteiger partial charge in [0.2, 0.25) is 5.88 Å². The highest BCUT2D eigenvalue weighted by Gasteiger charge is 2.58. The molecule has 18 heavy (non-hydrogen) atoms. The van der Waals surface area contributed by atoms with Crippen LogP contribution in [0.25, 0.3) is 0 Å². The van der Waals surface area contributed by atoms with Crippen LogP contribution in [-0.2, 0) is 0 Å². The molecule has 0 atom stereocenters. The van der Waals surface area contributed by atoms with Crippen molar-refractivity contribution in [3.05, 3.63) is 18.2 Å². The van der Waals surface area contributed by atoms with Crippen molar-refractivity contribution in [2.75, 3.05) is 18.5 Å². The van der Waals surface area contributed by atoms with E-state index in [-0.39, 0.29) is 5.88 Å². The molecule has 0 radical (unpaired) electrons. The van der Waals surface area contributed by atoms with Crippen LogP contribution in [-0.4, -0.2) is 30.2 Å². The van der Waals surface area contributed by atoms with Crippen LogP contribution in [0.4, 0.5) is 27.8 Å². The predicted molar refractivity (Wildman–Crippen MR) is 54.9 cm³/mol. The molecule has 1 rings (SSSR count). The Morgan fingerprint density at radius 3 is 2.44 bits per heavy atom. The Balaban J connectivity index is 2.66. The van der Waals surface area contributed by atoms with Gasteiger partial charge in [-0.15, -0.1) is 0 Å². The van der Waals surface area contributed by atoms with Crippen molar-refractivity contribution < 1.29 is 26.7 Å². The van der Waals surface area contributed by atoms with Gasteiger partial charge in [-0.1, -0.05) is 6.07 Å². The second-order valence-corrected chi connectivity index (χ2v) is 3.38. The molecule has 0 aliphatic heterocycles. The van der Waals surface area contributed by atoms with Crippen molar-refractivity contribution in [3.8, 4) is 5.88 Å². The van der Waals surface area contributed by atoms with Gasteiger partial charge < -0.3 is 10.1 Å². The predicted octanol–water partition coefficient (Wildman–Crippen LogP) is 3.09. The molecular formula is C10H11F5N2O. The average molecular weight is 270 g/mol. The van der Waals surface area contributed by atoms with Crippen LogP contribution >= 0.6 is 0 Å². The zero-order chi connectivity index (χ0) is 13.8. The average Bonchev–Trinajstić information content (AvgIpc) is 2.26. The first-order chi connectivity index (χ1) is 8.26. The van der Waals surface area contributed by atoms with Gasteiger partial charge >= 0.3 is 12.1 Å². The molecule has 0 spiro atoms. The third kappa shape index (κ3) is 3.71. The summed E-state index contributed by atoms with van der Waals surface area (Å²) >= 11 is 0. The first-order valence-corrected chi connectivity index (χ1v) is 5.04. The van der Waals surface area contributed by atoms with Crippen LogP contribution in [0.5, 0.6) is 5.88 Å². The van der Waals surface area contributed by atoms with E-state index in [9.17, 15) is 22.0 Å². The minimum atomic E-state index is -5.63. The first-order valence-electron chi connectivity index (χ1n) is 5.04. The molecule has 0 saturated carbocycles. The number of hydrogen-bond acceptors (Lipinski definition) is 3. The first kappa shape index (κ1) is 14.5. The van der Waals surface area contributed by atoms with E-state index < -0.39 is 18.7 Å². The summed E-state index contributed by atoms with van der Waals surface area (Å²) in [6.45, 7) is 0.529. The fraction of sp³-hybridized carbons (Fsp3) is 0.500. The number of nitrogens with one attached hydrogen (secondary N) is 1. The molecule has 0 aromatic carbocycles. The van der Waals surface area contributed by atoms with Crippen molar-refractivity contribution in [2.45, 2.75) is 19.0 Å². The van der Waals surface area contributed by atoms with Gasteiger partial charge in [-0.3, -0.25) is 0 Å². The van der Waals surface area contributed by atoms with E-state index in [1.807, 2.05) is 0 Å². The van der Waals surface area contributed by atoms with Gasteiger partial charge in [-0.25, -0.2) is 0 Å². The van der Waals surface area contributed by atoms with Crippen molar-refractivity contribution in [3.63, 3.8) is 0 Å². The van der Waals surface area contributed by atoms with Crippen molar-refractivity contribution in [2.24, 2.45) is 0 Å². The second kappa shape index (κ2) is 5.36. The Bertz CT molecular complexity index is 394. The molecule has 8 heteroatoms. The largest absolute Gasteiger partial charge is 0.471 e. The standard InChI is InChI=1S/C10H11F5N2O/c1-2-16-7-4-3-5-8(17-7)18-6-9(11,12)10(13,14)15/h3-5H,2,6H2,1H3,(H,16,17). The van der Waals surface area contributed by atoms with Gasteiger partial charge in [-0.05, 0) is 13.0 Å². The lowest BCUT2D eigenvalue weighted by atomic mass is 10.3. The van der Waals surface area contributed by atoms with Crippen LogP contribution in [0.2, 0.25) is 0 Å². The minimum absolute atomic E-state index is 0.294. The number of nitrogens with zero attached hydrogens (tertiary/aromatic N) is 1. The lowest BCUT2D eigenvalue weighted by Gasteiger charge is -2.19. The monoisotopic (exact) mass is 270 g/mol. The summed E-state index contributed by atoms with van der Waals surface area (Å²) in [6, 6.07) is 4.18. The number of anilines is 1. The molecule has 1 heterocycles. The third-order valence-electron chi connectivity index (χ3n) is 1.90. The summed E-state index contributed by atoms with van der Waals surface area (Å²) in [7, 11) is 0. The quantitative estimate of drug-likeness (QED) is 0.835. The Kier molecular flexibility index (Phi) is 4.31. The molecule has 0 aliphatic carbocycles. The molecule has 1 aromatic rings. The lowest BCUT2D eigenvalue weighted by Crippen LogP contribution is -2.41. The molecule has 3 nitrogen and oxygen atoms in total. The lowest BCUT2D eigenvalue weighted by molar-refractivity contribution is -0.290. The molecule has 1 aromatic heterocycles. The maximum Gasteiger partial charge on any atom is 0.456 e. The number of alkyl halides is 5. The fourth-order valence-electron chi connectivity index (χ4n) is 1.02. The molecule has 0 saturated heterocycles.